The number of amides is 2. The predicted molar refractivity (Wildman–Crippen MR) is 106 cm³/mol. The number of piperidine rings is 1. The fourth-order valence-electron chi connectivity index (χ4n) is 3.56. The average Bonchev–Trinajstić information content (AvgIpc) is 3.10. The minimum atomic E-state index is -4.63. The van der Waals surface area contributed by atoms with Crippen LogP contribution in [0.25, 0.3) is 0 Å². The molecule has 2 aliphatic rings. The lowest BCUT2D eigenvalue weighted by atomic mass is 9.89. The van der Waals surface area contributed by atoms with Crippen molar-refractivity contribution in [2.24, 2.45) is 0 Å². The quantitative estimate of drug-likeness (QED) is 0.694. The fraction of sp³-hybridized carbons (Fsp3) is 0.722. The van der Waals surface area contributed by atoms with Crippen molar-refractivity contribution < 1.29 is 35.9 Å². The number of imidazole rings is 1. The van der Waals surface area contributed by atoms with Gasteiger partial charge >= 0.3 is 12.3 Å². The van der Waals surface area contributed by atoms with Crippen LogP contribution in [-0.2, 0) is 27.8 Å². The van der Waals surface area contributed by atoms with E-state index >= 15 is 0 Å². The summed E-state index contributed by atoms with van der Waals surface area (Å²) in [4.78, 5) is 30.2. The smallest absolute Gasteiger partial charge is 0.425 e. The van der Waals surface area contributed by atoms with Crippen molar-refractivity contribution in [3.05, 3.63) is 17.7 Å². The first-order chi connectivity index (χ1) is 14.7. The van der Waals surface area contributed by atoms with Crippen LogP contribution < -0.4 is 5.32 Å². The largest absolute Gasteiger partial charge is 0.437 e. The van der Waals surface area contributed by atoms with Crippen molar-refractivity contribution in [3.63, 3.8) is 0 Å². The highest BCUT2D eigenvalue weighted by molar-refractivity contribution is 7.88. The topological polar surface area (TPSA) is 114 Å². The number of nitrogens with zero attached hydrogens (tertiary/aromatic N) is 4. The molecule has 10 nitrogen and oxygen atoms in total. The molecule has 0 radical (unpaired) electrons. The highest BCUT2D eigenvalue weighted by atomic mass is 32.2. The summed E-state index contributed by atoms with van der Waals surface area (Å²) in [5.41, 5.74) is -0.538. The Morgan fingerprint density at radius 1 is 1.22 bits per heavy atom. The maximum absolute atomic E-state index is 12.7. The van der Waals surface area contributed by atoms with E-state index in [4.69, 9.17) is 0 Å². The number of carbonyl (C=O) groups excluding carboxylic acids is 2. The molecule has 1 N–H and O–H groups in total. The number of halogens is 3. The van der Waals surface area contributed by atoms with E-state index in [1.165, 1.54) is 9.21 Å². The molecule has 3 rings (SSSR count). The number of sulfonamides is 1. The highest BCUT2D eigenvalue weighted by Crippen LogP contribution is 2.26. The lowest BCUT2D eigenvalue weighted by Crippen LogP contribution is -2.54. The van der Waals surface area contributed by atoms with Crippen LogP contribution in [0.5, 0.6) is 0 Å². The van der Waals surface area contributed by atoms with Gasteiger partial charge in [-0.15, -0.1) is 0 Å². The monoisotopic (exact) mass is 481 g/mol. The maximum Gasteiger partial charge on any atom is 0.425 e. The van der Waals surface area contributed by atoms with E-state index in [-0.39, 0.29) is 25.3 Å². The van der Waals surface area contributed by atoms with Crippen LogP contribution in [0, 0.1) is 0 Å². The van der Waals surface area contributed by atoms with Crippen LogP contribution in [0.1, 0.15) is 43.0 Å². The van der Waals surface area contributed by atoms with E-state index in [0.717, 1.165) is 13.2 Å². The molecule has 3 heterocycles. The van der Waals surface area contributed by atoms with E-state index in [1.807, 2.05) is 0 Å². The van der Waals surface area contributed by atoms with Gasteiger partial charge in [-0.25, -0.2) is 18.2 Å². The summed E-state index contributed by atoms with van der Waals surface area (Å²) in [6.45, 7) is 3.57. The van der Waals surface area contributed by atoms with Crippen LogP contribution in [0.3, 0.4) is 0 Å². The van der Waals surface area contributed by atoms with Gasteiger partial charge in [0, 0.05) is 37.9 Å². The summed E-state index contributed by atoms with van der Waals surface area (Å²) in [6, 6.07) is 0. The summed E-state index contributed by atoms with van der Waals surface area (Å²) in [5, 5.41) is 2.88. The van der Waals surface area contributed by atoms with E-state index in [0.29, 0.717) is 31.8 Å². The van der Waals surface area contributed by atoms with Gasteiger partial charge in [-0.05, 0) is 26.7 Å². The summed E-state index contributed by atoms with van der Waals surface area (Å²) < 4.78 is 68.7. The second-order valence-electron chi connectivity index (χ2n) is 8.40. The van der Waals surface area contributed by atoms with E-state index in [2.05, 4.69) is 15.0 Å². The highest BCUT2D eigenvalue weighted by Gasteiger charge is 2.41. The van der Waals surface area contributed by atoms with E-state index in [1.54, 1.807) is 17.7 Å². The number of nitrogens with one attached hydrogen (secondary N) is 1. The number of rotatable bonds is 4. The Hall–Kier alpha value is -2.35. The first kappa shape index (κ1) is 24.3. The molecule has 1 fully saturated rings. The number of hydrogen-bond acceptors (Lipinski definition) is 6. The number of likely N-dealkylation sites (tertiary alicyclic amines) is 1. The van der Waals surface area contributed by atoms with Crippen LogP contribution in [0.2, 0.25) is 0 Å². The molecule has 1 aromatic heterocycles. The first-order valence-corrected chi connectivity index (χ1v) is 11.9. The van der Waals surface area contributed by atoms with Gasteiger partial charge in [-0.1, -0.05) is 0 Å². The molecule has 0 spiro atoms. The Morgan fingerprint density at radius 3 is 2.41 bits per heavy atom. The number of carbonyl (C=O) groups is 2. The third-order valence-corrected chi connectivity index (χ3v) is 7.00. The number of hydrogen-bond donors (Lipinski definition) is 1. The minimum absolute atomic E-state index is 0.0802. The third-order valence-electron chi connectivity index (χ3n) is 5.75. The van der Waals surface area contributed by atoms with Gasteiger partial charge in [-0.2, -0.15) is 17.5 Å². The lowest BCUT2D eigenvalue weighted by molar-refractivity contribution is -0.200. The molecule has 1 atom stereocenters. The molecule has 0 aromatic carbocycles. The SMILES string of the molecule is CC(OC(=O)N1CCC(C)(NC(=O)c2cn3c(n2)CN(S(C)(=O)=O)CC3)CC1)C(F)(F)F. The van der Waals surface area contributed by atoms with Gasteiger partial charge in [0.1, 0.15) is 11.5 Å². The zero-order valence-electron chi connectivity index (χ0n) is 18.0. The number of ether oxygens (including phenoxy) is 1. The fourth-order valence-corrected chi connectivity index (χ4v) is 4.32. The Morgan fingerprint density at radius 2 is 1.84 bits per heavy atom. The summed E-state index contributed by atoms with van der Waals surface area (Å²) in [5.74, 6) is 0.0235. The zero-order chi connectivity index (χ0) is 23.9. The van der Waals surface area contributed by atoms with E-state index in [9.17, 15) is 31.2 Å². The summed E-state index contributed by atoms with van der Waals surface area (Å²) in [6.07, 6.45) is -4.54. The van der Waals surface area contributed by atoms with E-state index < -0.39 is 39.8 Å². The molecule has 1 aromatic rings. The predicted octanol–water partition coefficient (Wildman–Crippen LogP) is 1.33. The molecule has 0 bridgehead atoms. The van der Waals surface area contributed by atoms with Gasteiger partial charge < -0.3 is 19.5 Å². The second kappa shape index (κ2) is 8.54. The van der Waals surface area contributed by atoms with Gasteiger partial charge in [-0.3, -0.25) is 4.79 Å². The van der Waals surface area contributed by atoms with Crippen molar-refractivity contribution in [1.29, 1.82) is 0 Å². The Kier molecular flexibility index (Phi) is 6.48. The van der Waals surface area contributed by atoms with Gasteiger partial charge in [0.15, 0.2) is 6.10 Å². The standard InChI is InChI=1S/C18H26F3N5O5S/c1-12(18(19,20)21)31-16(28)24-6-4-17(2,5-7-24)23-15(27)13-10-25-8-9-26(32(3,29)30)11-14(25)22-13/h10,12H,4-9,11H2,1-3H3,(H,23,27). The third kappa shape index (κ3) is 5.52. The molecular weight excluding hydrogens is 455 g/mol. The van der Waals surface area contributed by atoms with Gasteiger partial charge in [0.2, 0.25) is 10.0 Å². The van der Waals surface area contributed by atoms with Crippen molar-refractivity contribution >= 4 is 22.0 Å². The minimum Gasteiger partial charge on any atom is -0.437 e. The Balaban J connectivity index is 1.57. The average molecular weight is 481 g/mol. The van der Waals surface area contributed by atoms with Crippen molar-refractivity contribution in [2.75, 3.05) is 25.9 Å². The molecule has 180 valence electrons. The lowest BCUT2D eigenvalue weighted by Gasteiger charge is -2.39. The molecule has 0 aliphatic carbocycles. The molecule has 1 unspecified atom stereocenters. The van der Waals surface area contributed by atoms with Crippen LogP contribution in [-0.4, -0.2) is 82.9 Å². The Bertz CT molecular complexity index is 986. The van der Waals surface area contributed by atoms with Crippen molar-refractivity contribution in [2.45, 2.75) is 57.6 Å². The van der Waals surface area contributed by atoms with Crippen LogP contribution in [0.4, 0.5) is 18.0 Å². The second-order valence-corrected chi connectivity index (χ2v) is 10.4. The molecule has 0 saturated carbocycles. The maximum atomic E-state index is 12.7. The summed E-state index contributed by atoms with van der Waals surface area (Å²) in [7, 11) is -3.37. The zero-order valence-corrected chi connectivity index (χ0v) is 18.8. The number of alkyl halides is 3. The number of aromatic nitrogens is 2. The molecular formula is C18H26F3N5O5S. The molecule has 32 heavy (non-hydrogen) atoms. The normalized spacial score (nSPS) is 20.4. The van der Waals surface area contributed by atoms with Crippen molar-refractivity contribution in [3.8, 4) is 0 Å². The molecule has 14 heteroatoms. The van der Waals surface area contributed by atoms with Crippen molar-refractivity contribution in [1.82, 2.24) is 24.1 Å². The summed E-state index contributed by atoms with van der Waals surface area (Å²) >= 11 is 0. The molecule has 1 saturated heterocycles. The van der Waals surface area contributed by atoms with Gasteiger partial charge in [0.05, 0.1) is 12.8 Å². The Labute approximate surface area is 183 Å². The number of fused-ring (bicyclic) bond motifs is 1. The van der Waals surface area contributed by atoms with Crippen LogP contribution in [0.15, 0.2) is 6.20 Å². The first-order valence-electron chi connectivity index (χ1n) is 10.0. The molecule has 2 aliphatic heterocycles. The molecule has 2 amide bonds. The van der Waals surface area contributed by atoms with Gasteiger partial charge in [0.25, 0.3) is 5.91 Å². The van der Waals surface area contributed by atoms with Crippen LogP contribution >= 0.6 is 0 Å².